The summed E-state index contributed by atoms with van der Waals surface area (Å²) >= 11 is 0. The number of fused-ring (bicyclic) bond motifs is 1. The van der Waals surface area contributed by atoms with Gasteiger partial charge in [-0.3, -0.25) is 4.79 Å². The number of amides is 1. The number of hydrogen-bond donors (Lipinski definition) is 3. The number of imidazole rings is 1. The number of halogens is 2. The van der Waals surface area contributed by atoms with Crippen molar-refractivity contribution in [3.05, 3.63) is 29.8 Å². The molecule has 1 aliphatic rings. The zero-order valence-corrected chi connectivity index (χ0v) is 13.0. The number of piperidine rings is 1. The van der Waals surface area contributed by atoms with E-state index in [4.69, 9.17) is 0 Å². The largest absolute Gasteiger partial charge is 0.355 e. The smallest absolute Gasteiger partial charge is 0.223 e. The molecule has 1 aliphatic heterocycles. The number of nitrogens with one attached hydrogen (secondary N) is 3. The van der Waals surface area contributed by atoms with Crippen LogP contribution in [0.25, 0.3) is 11.0 Å². The van der Waals surface area contributed by atoms with E-state index >= 15 is 0 Å². The Balaban J connectivity index is 0.00000176. The lowest BCUT2D eigenvalue weighted by molar-refractivity contribution is -0.125. The van der Waals surface area contributed by atoms with E-state index in [9.17, 15) is 9.18 Å². The Morgan fingerprint density at radius 2 is 2.14 bits per heavy atom. The van der Waals surface area contributed by atoms with Crippen molar-refractivity contribution in [1.29, 1.82) is 0 Å². The molecule has 5 nitrogen and oxygen atoms in total. The Morgan fingerprint density at radius 3 is 2.91 bits per heavy atom. The number of H-pyrrole nitrogens is 1. The Labute approximate surface area is 134 Å². The number of rotatable bonds is 4. The number of hydrogen-bond acceptors (Lipinski definition) is 3. The number of benzene rings is 1. The fourth-order valence-corrected chi connectivity index (χ4v) is 2.69. The van der Waals surface area contributed by atoms with Crippen LogP contribution in [-0.2, 0) is 11.2 Å². The van der Waals surface area contributed by atoms with Gasteiger partial charge in [0.1, 0.15) is 11.6 Å². The van der Waals surface area contributed by atoms with Crippen molar-refractivity contribution in [2.24, 2.45) is 5.92 Å². The topological polar surface area (TPSA) is 69.8 Å². The normalized spacial score (nSPS) is 15.5. The zero-order valence-electron chi connectivity index (χ0n) is 12.2. The van der Waals surface area contributed by atoms with Crippen molar-refractivity contribution in [3.8, 4) is 0 Å². The van der Waals surface area contributed by atoms with Gasteiger partial charge in [0.25, 0.3) is 0 Å². The van der Waals surface area contributed by atoms with Gasteiger partial charge in [-0.1, -0.05) is 0 Å². The van der Waals surface area contributed by atoms with Gasteiger partial charge in [-0.25, -0.2) is 9.37 Å². The van der Waals surface area contributed by atoms with Crippen molar-refractivity contribution in [2.45, 2.75) is 19.3 Å². The van der Waals surface area contributed by atoms with E-state index in [0.29, 0.717) is 18.5 Å². The van der Waals surface area contributed by atoms with Gasteiger partial charge in [-0.15, -0.1) is 12.4 Å². The maximum absolute atomic E-state index is 13.1. The van der Waals surface area contributed by atoms with Gasteiger partial charge in [-0.2, -0.15) is 0 Å². The Hall–Kier alpha value is -1.66. The fraction of sp³-hybridized carbons (Fsp3) is 0.467. The molecule has 1 saturated heterocycles. The van der Waals surface area contributed by atoms with Crippen molar-refractivity contribution in [3.63, 3.8) is 0 Å². The van der Waals surface area contributed by atoms with Gasteiger partial charge in [0.05, 0.1) is 11.0 Å². The lowest BCUT2D eigenvalue weighted by Crippen LogP contribution is -2.38. The van der Waals surface area contributed by atoms with Gasteiger partial charge >= 0.3 is 0 Å². The van der Waals surface area contributed by atoms with Crippen LogP contribution in [-0.4, -0.2) is 35.5 Å². The predicted octanol–water partition coefficient (Wildman–Crippen LogP) is 1.78. The van der Waals surface area contributed by atoms with Gasteiger partial charge in [-0.05, 0) is 44.1 Å². The van der Waals surface area contributed by atoms with Crippen LogP contribution in [0, 0.1) is 11.7 Å². The second-order valence-corrected chi connectivity index (χ2v) is 5.41. The molecule has 120 valence electrons. The van der Waals surface area contributed by atoms with Gasteiger partial charge in [0.15, 0.2) is 0 Å². The number of nitrogens with zero attached hydrogens (tertiary/aromatic N) is 1. The van der Waals surface area contributed by atoms with E-state index in [1.54, 1.807) is 6.07 Å². The molecule has 1 aromatic carbocycles. The first-order valence-electron chi connectivity index (χ1n) is 7.35. The lowest BCUT2D eigenvalue weighted by Gasteiger charge is -2.21. The summed E-state index contributed by atoms with van der Waals surface area (Å²) in [7, 11) is 0. The first kappa shape index (κ1) is 16.7. The molecule has 2 aromatic rings. The Morgan fingerprint density at radius 1 is 1.36 bits per heavy atom. The van der Waals surface area contributed by atoms with E-state index in [-0.39, 0.29) is 30.0 Å². The molecule has 0 aliphatic carbocycles. The highest BCUT2D eigenvalue weighted by Crippen LogP contribution is 2.13. The van der Waals surface area contributed by atoms with Crippen molar-refractivity contribution < 1.29 is 9.18 Å². The minimum Gasteiger partial charge on any atom is -0.355 e. The molecule has 0 bridgehead atoms. The maximum atomic E-state index is 13.1. The van der Waals surface area contributed by atoms with E-state index in [0.717, 1.165) is 37.3 Å². The molecule has 1 fully saturated rings. The van der Waals surface area contributed by atoms with E-state index in [1.165, 1.54) is 12.1 Å². The standard InChI is InChI=1S/C15H19FN4O.ClH/c16-11-1-2-12-13(9-11)20-14(19-12)5-8-18-15(21)10-3-6-17-7-4-10;/h1-2,9-10,17H,3-8H2,(H,18,21)(H,19,20);1H. The summed E-state index contributed by atoms with van der Waals surface area (Å²) < 4.78 is 13.1. The molecule has 3 rings (SSSR count). The molecule has 0 spiro atoms. The van der Waals surface area contributed by atoms with Crippen LogP contribution in [0.3, 0.4) is 0 Å². The van der Waals surface area contributed by atoms with Crippen LogP contribution in [0.4, 0.5) is 4.39 Å². The summed E-state index contributed by atoms with van der Waals surface area (Å²) in [5.41, 5.74) is 1.44. The molecule has 2 heterocycles. The third-order valence-corrected chi connectivity index (χ3v) is 3.86. The molecule has 1 amide bonds. The molecule has 3 N–H and O–H groups in total. The average Bonchev–Trinajstić information content (AvgIpc) is 2.89. The summed E-state index contributed by atoms with van der Waals surface area (Å²) in [6.45, 7) is 2.37. The zero-order chi connectivity index (χ0) is 14.7. The van der Waals surface area contributed by atoms with Crippen LogP contribution in [0.2, 0.25) is 0 Å². The summed E-state index contributed by atoms with van der Waals surface area (Å²) in [6, 6.07) is 4.48. The maximum Gasteiger partial charge on any atom is 0.223 e. The quantitative estimate of drug-likeness (QED) is 0.802. The average molecular weight is 327 g/mol. The molecule has 0 atom stereocenters. The highest BCUT2D eigenvalue weighted by atomic mass is 35.5. The molecule has 1 aromatic heterocycles. The fourth-order valence-electron chi connectivity index (χ4n) is 2.69. The van der Waals surface area contributed by atoms with Crippen molar-refractivity contribution in [1.82, 2.24) is 20.6 Å². The van der Waals surface area contributed by atoms with Gasteiger partial charge < -0.3 is 15.6 Å². The molecule has 7 heteroatoms. The van der Waals surface area contributed by atoms with Gasteiger partial charge in [0, 0.05) is 18.9 Å². The van der Waals surface area contributed by atoms with Crippen LogP contribution >= 0.6 is 12.4 Å². The molecule has 22 heavy (non-hydrogen) atoms. The number of carbonyl (C=O) groups is 1. The minimum absolute atomic E-state index is 0. The lowest BCUT2D eigenvalue weighted by atomic mass is 9.97. The molecule has 0 saturated carbocycles. The van der Waals surface area contributed by atoms with Crippen LogP contribution in [0.15, 0.2) is 18.2 Å². The van der Waals surface area contributed by atoms with E-state index in [1.807, 2.05) is 0 Å². The second kappa shape index (κ2) is 7.56. The molecule has 0 radical (unpaired) electrons. The first-order chi connectivity index (χ1) is 10.2. The van der Waals surface area contributed by atoms with Crippen LogP contribution in [0.1, 0.15) is 18.7 Å². The third kappa shape index (κ3) is 3.96. The second-order valence-electron chi connectivity index (χ2n) is 5.41. The van der Waals surface area contributed by atoms with E-state index in [2.05, 4.69) is 20.6 Å². The summed E-state index contributed by atoms with van der Waals surface area (Å²) in [5, 5.41) is 6.20. The highest BCUT2D eigenvalue weighted by molar-refractivity contribution is 5.85. The molecular weight excluding hydrogens is 307 g/mol. The Bertz CT molecular complexity index is 640. The SMILES string of the molecule is Cl.O=C(NCCc1nc2ccc(F)cc2[nH]1)C1CCNCC1. The molecule has 0 unspecified atom stereocenters. The van der Waals surface area contributed by atoms with Gasteiger partial charge in [0.2, 0.25) is 5.91 Å². The van der Waals surface area contributed by atoms with Crippen LogP contribution < -0.4 is 10.6 Å². The Kier molecular flexibility index (Phi) is 5.74. The monoisotopic (exact) mass is 326 g/mol. The number of aromatic amines is 1. The number of aromatic nitrogens is 2. The van der Waals surface area contributed by atoms with E-state index < -0.39 is 0 Å². The number of carbonyl (C=O) groups excluding carboxylic acids is 1. The van der Waals surface area contributed by atoms with Crippen molar-refractivity contribution in [2.75, 3.05) is 19.6 Å². The summed E-state index contributed by atoms with van der Waals surface area (Å²) in [4.78, 5) is 19.4. The molecular formula is C15H20ClFN4O. The summed E-state index contributed by atoms with van der Waals surface area (Å²) in [5.74, 6) is 0.729. The first-order valence-corrected chi connectivity index (χ1v) is 7.35. The van der Waals surface area contributed by atoms with Crippen LogP contribution in [0.5, 0.6) is 0 Å². The third-order valence-electron chi connectivity index (χ3n) is 3.86. The predicted molar refractivity (Wildman–Crippen MR) is 85.6 cm³/mol. The van der Waals surface area contributed by atoms with Crippen molar-refractivity contribution >= 4 is 29.3 Å². The summed E-state index contributed by atoms with van der Waals surface area (Å²) in [6.07, 6.45) is 2.42. The highest BCUT2D eigenvalue weighted by Gasteiger charge is 2.20. The minimum atomic E-state index is -0.281.